The van der Waals surface area contributed by atoms with Crippen molar-refractivity contribution in [3.05, 3.63) is 47.5 Å². The highest BCUT2D eigenvalue weighted by molar-refractivity contribution is 6.01. The lowest BCUT2D eigenvalue weighted by molar-refractivity contribution is 0.0807. The third-order valence-electron chi connectivity index (χ3n) is 4.32. The number of nitrogens with zero attached hydrogens (tertiary/aromatic N) is 2. The average Bonchev–Trinajstić information content (AvgIpc) is 2.60. The molecule has 2 aromatic rings. The van der Waals surface area contributed by atoms with E-state index in [9.17, 15) is 9.59 Å². The molecule has 1 fully saturated rings. The zero-order chi connectivity index (χ0) is 16.4. The van der Waals surface area contributed by atoms with Crippen LogP contribution in [0, 0.1) is 17.2 Å². The number of carbonyl (C=O) groups is 2. The van der Waals surface area contributed by atoms with Crippen LogP contribution in [0.3, 0.4) is 0 Å². The van der Waals surface area contributed by atoms with E-state index >= 15 is 0 Å². The first-order valence-electron chi connectivity index (χ1n) is 7.54. The summed E-state index contributed by atoms with van der Waals surface area (Å²) in [6, 6.07) is 12.8. The molecule has 3 rings (SSSR count). The van der Waals surface area contributed by atoms with E-state index in [1.54, 1.807) is 18.2 Å². The molecule has 1 atom stereocenters. The molecule has 1 N–H and O–H groups in total. The van der Waals surface area contributed by atoms with Crippen molar-refractivity contribution in [1.29, 1.82) is 5.26 Å². The lowest BCUT2D eigenvalue weighted by Crippen LogP contribution is -2.41. The normalized spacial score (nSPS) is 17.7. The smallest absolute Gasteiger partial charge is 0.407 e. The molecule has 0 bridgehead atoms. The van der Waals surface area contributed by atoms with Gasteiger partial charge in [-0.3, -0.25) is 4.79 Å². The molecule has 1 aliphatic rings. The van der Waals surface area contributed by atoms with E-state index in [1.165, 1.54) is 4.90 Å². The van der Waals surface area contributed by atoms with Gasteiger partial charge in [-0.15, -0.1) is 0 Å². The number of hydrogen-bond donors (Lipinski definition) is 1. The molecule has 1 aliphatic heterocycles. The van der Waals surface area contributed by atoms with Crippen LogP contribution in [0.15, 0.2) is 36.4 Å². The first kappa shape index (κ1) is 15.0. The molecule has 0 aromatic heterocycles. The van der Waals surface area contributed by atoms with E-state index in [1.807, 2.05) is 18.2 Å². The van der Waals surface area contributed by atoms with Gasteiger partial charge in [-0.25, -0.2) is 4.79 Å². The van der Waals surface area contributed by atoms with Gasteiger partial charge in [0.1, 0.15) is 0 Å². The Bertz CT molecular complexity index is 823. The highest BCUT2D eigenvalue weighted by Crippen LogP contribution is 2.24. The molecule has 0 radical (unpaired) electrons. The minimum atomic E-state index is -0.968. The predicted molar refractivity (Wildman–Crippen MR) is 85.3 cm³/mol. The summed E-state index contributed by atoms with van der Waals surface area (Å²) in [4.78, 5) is 25.1. The summed E-state index contributed by atoms with van der Waals surface area (Å²) >= 11 is 0. The SMILES string of the molecule is N#Cc1ccc2cc(C(=O)C3CCCN(C(=O)O)C3)ccc2c1. The second-order valence-corrected chi connectivity index (χ2v) is 5.82. The Hall–Kier alpha value is -2.87. The molecule has 23 heavy (non-hydrogen) atoms. The molecule has 116 valence electrons. The van der Waals surface area contributed by atoms with Crippen LogP contribution in [-0.4, -0.2) is 35.0 Å². The molecule has 1 saturated heterocycles. The number of rotatable bonds is 2. The van der Waals surface area contributed by atoms with Crippen molar-refractivity contribution in [1.82, 2.24) is 4.90 Å². The third kappa shape index (κ3) is 3.02. The summed E-state index contributed by atoms with van der Waals surface area (Å²) < 4.78 is 0. The maximum atomic E-state index is 12.7. The van der Waals surface area contributed by atoms with Gasteiger partial charge in [-0.1, -0.05) is 18.2 Å². The predicted octanol–water partition coefficient (Wildman–Crippen LogP) is 3.28. The highest BCUT2D eigenvalue weighted by Gasteiger charge is 2.28. The van der Waals surface area contributed by atoms with E-state index in [-0.39, 0.29) is 18.2 Å². The Kier molecular flexibility index (Phi) is 3.98. The van der Waals surface area contributed by atoms with Crippen LogP contribution in [0.25, 0.3) is 10.8 Å². The molecular weight excluding hydrogens is 292 g/mol. The number of carbonyl (C=O) groups excluding carboxylic acids is 1. The average molecular weight is 308 g/mol. The number of likely N-dealkylation sites (tertiary alicyclic amines) is 1. The number of benzene rings is 2. The fraction of sp³-hybridized carbons (Fsp3) is 0.278. The molecular formula is C18H16N2O3. The van der Waals surface area contributed by atoms with Gasteiger partial charge < -0.3 is 10.0 Å². The van der Waals surface area contributed by atoms with Crippen molar-refractivity contribution in [2.45, 2.75) is 12.8 Å². The Morgan fingerprint density at radius 1 is 1.17 bits per heavy atom. The van der Waals surface area contributed by atoms with Crippen LogP contribution in [0.4, 0.5) is 4.79 Å². The second-order valence-electron chi connectivity index (χ2n) is 5.82. The minimum absolute atomic E-state index is 0.0118. The van der Waals surface area contributed by atoms with E-state index in [2.05, 4.69) is 6.07 Å². The Balaban J connectivity index is 1.86. The quantitative estimate of drug-likeness (QED) is 0.863. The second kappa shape index (κ2) is 6.09. The van der Waals surface area contributed by atoms with Crippen LogP contribution in [0.5, 0.6) is 0 Å². The van der Waals surface area contributed by atoms with Crippen molar-refractivity contribution < 1.29 is 14.7 Å². The van der Waals surface area contributed by atoms with Gasteiger partial charge in [0.05, 0.1) is 11.6 Å². The molecule has 1 unspecified atom stereocenters. The molecule has 0 aliphatic carbocycles. The molecule has 0 saturated carbocycles. The van der Waals surface area contributed by atoms with Crippen molar-refractivity contribution in [3.63, 3.8) is 0 Å². The molecule has 1 heterocycles. The van der Waals surface area contributed by atoms with Crippen molar-refractivity contribution in [2.75, 3.05) is 13.1 Å². The lowest BCUT2D eigenvalue weighted by Gasteiger charge is -2.29. The topological polar surface area (TPSA) is 81.4 Å². The number of nitriles is 1. The summed E-state index contributed by atoms with van der Waals surface area (Å²) in [6.07, 6.45) is 0.459. The number of piperidine rings is 1. The first-order valence-corrected chi connectivity index (χ1v) is 7.54. The monoisotopic (exact) mass is 308 g/mol. The van der Waals surface area contributed by atoms with E-state index in [0.717, 1.165) is 10.8 Å². The maximum Gasteiger partial charge on any atom is 0.407 e. The van der Waals surface area contributed by atoms with Crippen LogP contribution < -0.4 is 0 Å². The number of fused-ring (bicyclic) bond motifs is 1. The zero-order valence-electron chi connectivity index (χ0n) is 12.5. The molecule has 5 heteroatoms. The van der Waals surface area contributed by atoms with E-state index in [0.29, 0.717) is 30.5 Å². The third-order valence-corrected chi connectivity index (χ3v) is 4.32. The fourth-order valence-electron chi connectivity index (χ4n) is 3.07. The fourth-order valence-corrected chi connectivity index (χ4v) is 3.07. The minimum Gasteiger partial charge on any atom is -0.465 e. The van der Waals surface area contributed by atoms with Gasteiger partial charge in [-0.05, 0) is 41.8 Å². The Labute approximate surface area is 133 Å². The van der Waals surface area contributed by atoms with Gasteiger partial charge in [0.2, 0.25) is 0 Å². The van der Waals surface area contributed by atoms with Gasteiger partial charge in [0, 0.05) is 24.6 Å². The van der Waals surface area contributed by atoms with Crippen molar-refractivity contribution in [3.8, 4) is 6.07 Å². The molecule has 1 amide bonds. The number of hydrogen-bond acceptors (Lipinski definition) is 3. The van der Waals surface area contributed by atoms with Crippen LogP contribution in [-0.2, 0) is 0 Å². The molecule has 5 nitrogen and oxygen atoms in total. The maximum absolute atomic E-state index is 12.7. The van der Waals surface area contributed by atoms with E-state index < -0.39 is 6.09 Å². The van der Waals surface area contributed by atoms with E-state index in [4.69, 9.17) is 10.4 Å². The number of carboxylic acid groups (broad SMARTS) is 1. The summed E-state index contributed by atoms with van der Waals surface area (Å²) in [5, 5.41) is 19.8. The molecule has 0 spiro atoms. The van der Waals surface area contributed by atoms with Crippen molar-refractivity contribution in [2.24, 2.45) is 5.92 Å². The Morgan fingerprint density at radius 2 is 1.91 bits per heavy atom. The van der Waals surface area contributed by atoms with Gasteiger partial charge >= 0.3 is 6.09 Å². The van der Waals surface area contributed by atoms with Crippen LogP contribution in [0.2, 0.25) is 0 Å². The van der Waals surface area contributed by atoms with Gasteiger partial charge in [0.15, 0.2) is 5.78 Å². The number of ketones is 1. The molecule has 2 aromatic carbocycles. The standard InChI is InChI=1S/C18H16N2O3/c19-10-12-3-4-14-9-15(6-5-13(14)8-12)17(21)16-2-1-7-20(11-16)18(22)23/h3-6,8-9,16H,1-2,7,11H2,(H,22,23). The van der Waals surface area contributed by atoms with Crippen LogP contribution >= 0.6 is 0 Å². The van der Waals surface area contributed by atoms with Crippen molar-refractivity contribution >= 4 is 22.6 Å². The van der Waals surface area contributed by atoms with Gasteiger partial charge in [-0.2, -0.15) is 5.26 Å². The lowest BCUT2D eigenvalue weighted by atomic mass is 9.89. The zero-order valence-corrected chi connectivity index (χ0v) is 12.5. The summed E-state index contributed by atoms with van der Waals surface area (Å²) in [5.74, 6) is -0.294. The summed E-state index contributed by atoms with van der Waals surface area (Å²) in [6.45, 7) is 0.757. The Morgan fingerprint density at radius 3 is 2.65 bits per heavy atom. The first-order chi connectivity index (χ1) is 11.1. The number of Topliss-reactive ketones (excluding diaryl/α,β-unsaturated/α-hetero) is 1. The van der Waals surface area contributed by atoms with Gasteiger partial charge in [0.25, 0.3) is 0 Å². The van der Waals surface area contributed by atoms with Crippen LogP contribution in [0.1, 0.15) is 28.8 Å². The summed E-state index contributed by atoms with van der Waals surface area (Å²) in [7, 11) is 0. The number of amides is 1. The summed E-state index contributed by atoms with van der Waals surface area (Å²) in [5.41, 5.74) is 1.18. The highest BCUT2D eigenvalue weighted by atomic mass is 16.4. The largest absolute Gasteiger partial charge is 0.465 e.